The molecule has 0 unspecified atom stereocenters. The summed E-state index contributed by atoms with van der Waals surface area (Å²) < 4.78 is 10.8. The molecule has 0 aliphatic heterocycles. The maximum Gasteiger partial charge on any atom is 0.393 e. The van der Waals surface area contributed by atoms with Gasteiger partial charge in [0.25, 0.3) is 0 Å². The Bertz CT molecular complexity index is 671. The van der Waals surface area contributed by atoms with Crippen LogP contribution in [-0.4, -0.2) is 44.7 Å². The Hall–Kier alpha value is -2.91. The van der Waals surface area contributed by atoms with Crippen molar-refractivity contribution in [1.29, 1.82) is 0 Å². The predicted octanol–water partition coefficient (Wildman–Crippen LogP) is 1.51. The summed E-state index contributed by atoms with van der Waals surface area (Å²) in [5.41, 5.74) is -1.16. The van der Waals surface area contributed by atoms with Crippen LogP contribution in [0, 0.1) is 17.0 Å². The average Bonchev–Trinajstić information content (AvgIpc) is 2.84. The lowest BCUT2D eigenvalue weighted by atomic mass is 10.1. The number of esters is 2. The SMILES string of the molecule is CCOC(=O)C(C(=O)OCC)=C(O)c1c([N+](=O)[O-])nc(C)n1CC. The number of ether oxygens (including phenoxy) is 2. The van der Waals surface area contributed by atoms with Crippen molar-refractivity contribution in [3.05, 3.63) is 27.2 Å². The third-order valence-corrected chi connectivity index (χ3v) is 3.05. The topological polar surface area (TPSA) is 134 Å². The van der Waals surface area contributed by atoms with Crippen LogP contribution >= 0.6 is 0 Å². The van der Waals surface area contributed by atoms with E-state index in [0.717, 1.165) is 0 Å². The lowest BCUT2D eigenvalue weighted by molar-refractivity contribution is -0.389. The highest BCUT2D eigenvalue weighted by molar-refractivity contribution is 6.19. The van der Waals surface area contributed by atoms with Gasteiger partial charge in [-0.25, -0.2) is 9.59 Å². The lowest BCUT2D eigenvalue weighted by Gasteiger charge is -2.10. The van der Waals surface area contributed by atoms with E-state index in [9.17, 15) is 24.8 Å². The normalized spacial score (nSPS) is 10.2. The van der Waals surface area contributed by atoms with Gasteiger partial charge in [-0.1, -0.05) is 0 Å². The first-order chi connectivity index (χ1) is 11.3. The molecular weight excluding hydrogens is 322 g/mol. The van der Waals surface area contributed by atoms with Crippen molar-refractivity contribution < 1.29 is 29.1 Å². The Morgan fingerprint density at radius 1 is 1.21 bits per heavy atom. The number of hydrogen-bond donors (Lipinski definition) is 1. The number of aliphatic hydroxyl groups is 1. The van der Waals surface area contributed by atoms with Gasteiger partial charge in [0, 0.05) is 13.5 Å². The van der Waals surface area contributed by atoms with Gasteiger partial charge in [0.05, 0.1) is 13.2 Å². The molecule has 0 fully saturated rings. The van der Waals surface area contributed by atoms with E-state index in [-0.39, 0.29) is 31.3 Å². The van der Waals surface area contributed by atoms with E-state index in [1.165, 1.54) is 25.3 Å². The molecule has 0 saturated heterocycles. The summed E-state index contributed by atoms with van der Waals surface area (Å²) in [7, 11) is 0. The first kappa shape index (κ1) is 19.1. The number of hydrogen-bond acceptors (Lipinski definition) is 8. The molecule has 0 aromatic carbocycles. The number of aliphatic hydroxyl groups excluding tert-OH is 1. The minimum Gasteiger partial charge on any atom is -0.504 e. The molecule has 0 aliphatic rings. The van der Waals surface area contributed by atoms with Gasteiger partial charge in [-0.3, -0.25) is 4.57 Å². The van der Waals surface area contributed by atoms with E-state index in [0.29, 0.717) is 0 Å². The maximum atomic E-state index is 12.0. The van der Waals surface area contributed by atoms with Crippen molar-refractivity contribution in [2.45, 2.75) is 34.2 Å². The Kier molecular flexibility index (Phi) is 6.45. The number of aromatic nitrogens is 2. The van der Waals surface area contributed by atoms with Crippen LogP contribution in [0.5, 0.6) is 0 Å². The average molecular weight is 341 g/mol. The maximum absolute atomic E-state index is 12.0. The molecule has 1 aromatic heterocycles. The quantitative estimate of drug-likeness (QED) is 0.150. The molecule has 0 saturated carbocycles. The molecule has 1 N–H and O–H groups in total. The second-order valence-electron chi connectivity index (χ2n) is 4.50. The van der Waals surface area contributed by atoms with Gasteiger partial charge in [0.1, 0.15) is 0 Å². The number of nitrogens with zero attached hydrogens (tertiary/aromatic N) is 3. The fraction of sp³-hybridized carbons (Fsp3) is 0.500. The Morgan fingerprint density at radius 2 is 1.71 bits per heavy atom. The van der Waals surface area contributed by atoms with Gasteiger partial charge >= 0.3 is 17.8 Å². The number of rotatable bonds is 7. The second kappa shape index (κ2) is 8.09. The molecule has 10 nitrogen and oxygen atoms in total. The third-order valence-electron chi connectivity index (χ3n) is 3.05. The number of nitro groups is 1. The minimum atomic E-state index is -1.13. The first-order valence-corrected chi connectivity index (χ1v) is 7.29. The third kappa shape index (κ3) is 3.70. The Balaban J connectivity index is 3.69. The summed E-state index contributed by atoms with van der Waals surface area (Å²) in [5, 5.41) is 21.6. The smallest absolute Gasteiger partial charge is 0.393 e. The van der Waals surface area contributed by atoms with E-state index < -0.39 is 34.0 Å². The van der Waals surface area contributed by atoms with Crippen LogP contribution in [0.3, 0.4) is 0 Å². The molecule has 24 heavy (non-hydrogen) atoms. The summed E-state index contributed by atoms with van der Waals surface area (Å²) >= 11 is 0. The molecular formula is C14H19N3O7. The van der Waals surface area contributed by atoms with E-state index in [4.69, 9.17) is 9.47 Å². The van der Waals surface area contributed by atoms with Gasteiger partial charge in [-0.05, 0) is 30.7 Å². The van der Waals surface area contributed by atoms with Crippen LogP contribution in [0.1, 0.15) is 32.3 Å². The summed E-state index contributed by atoms with van der Waals surface area (Å²) in [6.45, 7) is 6.32. The Morgan fingerprint density at radius 3 is 2.08 bits per heavy atom. The van der Waals surface area contributed by atoms with Gasteiger partial charge < -0.3 is 24.7 Å². The summed E-state index contributed by atoms with van der Waals surface area (Å²) in [6.07, 6.45) is 0. The number of imidazole rings is 1. The molecule has 0 aliphatic carbocycles. The van der Waals surface area contributed by atoms with Gasteiger partial charge in [-0.15, -0.1) is 0 Å². The Labute approximate surface area is 137 Å². The molecule has 0 spiro atoms. The largest absolute Gasteiger partial charge is 0.504 e. The highest BCUT2D eigenvalue weighted by Crippen LogP contribution is 2.28. The molecule has 0 bridgehead atoms. The van der Waals surface area contributed by atoms with E-state index in [1.54, 1.807) is 6.92 Å². The molecule has 10 heteroatoms. The number of carbonyl (C=O) groups excluding carboxylic acids is 2. The summed E-state index contributed by atoms with van der Waals surface area (Å²) in [6, 6.07) is 0. The van der Waals surface area contributed by atoms with Crippen LogP contribution < -0.4 is 0 Å². The van der Waals surface area contributed by atoms with E-state index in [2.05, 4.69) is 4.98 Å². The van der Waals surface area contributed by atoms with E-state index >= 15 is 0 Å². The van der Waals surface area contributed by atoms with Gasteiger partial charge in [-0.2, -0.15) is 0 Å². The molecule has 1 heterocycles. The van der Waals surface area contributed by atoms with Crippen molar-refractivity contribution in [2.75, 3.05) is 13.2 Å². The highest BCUT2D eigenvalue weighted by atomic mass is 16.6. The summed E-state index contributed by atoms with van der Waals surface area (Å²) in [4.78, 5) is 38.2. The van der Waals surface area contributed by atoms with Crippen LogP contribution in [-0.2, 0) is 25.6 Å². The number of carbonyl (C=O) groups is 2. The fourth-order valence-electron chi connectivity index (χ4n) is 2.10. The molecule has 0 atom stereocenters. The predicted molar refractivity (Wildman–Crippen MR) is 82.1 cm³/mol. The van der Waals surface area contributed by atoms with Crippen LogP contribution in [0.4, 0.5) is 5.82 Å². The van der Waals surface area contributed by atoms with Crippen molar-refractivity contribution in [3.8, 4) is 0 Å². The van der Waals surface area contributed by atoms with Crippen LogP contribution in [0.25, 0.3) is 5.76 Å². The van der Waals surface area contributed by atoms with Crippen LogP contribution in [0.15, 0.2) is 5.57 Å². The lowest BCUT2D eigenvalue weighted by Crippen LogP contribution is -2.21. The zero-order valence-corrected chi connectivity index (χ0v) is 13.9. The van der Waals surface area contributed by atoms with Gasteiger partial charge in [0.2, 0.25) is 5.82 Å². The molecule has 0 radical (unpaired) electrons. The molecule has 1 rings (SSSR count). The molecule has 1 aromatic rings. The van der Waals surface area contributed by atoms with Gasteiger partial charge in [0.15, 0.2) is 17.0 Å². The van der Waals surface area contributed by atoms with Crippen molar-refractivity contribution in [3.63, 3.8) is 0 Å². The fourth-order valence-corrected chi connectivity index (χ4v) is 2.10. The second-order valence-corrected chi connectivity index (χ2v) is 4.50. The monoisotopic (exact) mass is 341 g/mol. The van der Waals surface area contributed by atoms with Crippen molar-refractivity contribution in [2.24, 2.45) is 0 Å². The standard InChI is InChI=1S/C14H19N3O7/c1-5-16-8(4)15-12(17(21)22)10(16)11(18)9(13(19)23-6-2)14(20)24-7-3/h18H,5-7H2,1-4H3. The molecule has 132 valence electrons. The van der Waals surface area contributed by atoms with Crippen molar-refractivity contribution >= 4 is 23.5 Å². The zero-order valence-electron chi connectivity index (χ0n) is 13.9. The number of aryl methyl sites for hydroxylation is 1. The first-order valence-electron chi connectivity index (χ1n) is 7.29. The minimum absolute atomic E-state index is 0.0524. The van der Waals surface area contributed by atoms with E-state index in [1.807, 2.05) is 0 Å². The van der Waals surface area contributed by atoms with Crippen molar-refractivity contribution in [1.82, 2.24) is 9.55 Å². The molecule has 0 amide bonds. The highest BCUT2D eigenvalue weighted by Gasteiger charge is 2.35. The van der Waals surface area contributed by atoms with Crippen LogP contribution in [0.2, 0.25) is 0 Å². The zero-order chi connectivity index (χ0) is 18.4. The summed E-state index contributed by atoms with van der Waals surface area (Å²) in [5.74, 6) is -3.59.